The van der Waals surface area contributed by atoms with E-state index in [0.29, 0.717) is 36.7 Å². The second-order valence-electron chi connectivity index (χ2n) is 6.84. The normalized spacial score (nSPS) is 15.0. The van der Waals surface area contributed by atoms with Crippen molar-refractivity contribution in [2.45, 2.75) is 20.3 Å². The molecule has 0 atom stereocenters. The maximum atomic E-state index is 13.1. The first-order chi connectivity index (χ1) is 15.4. The van der Waals surface area contributed by atoms with Crippen molar-refractivity contribution in [2.75, 3.05) is 18.1 Å². The van der Waals surface area contributed by atoms with E-state index in [2.05, 4.69) is 11.9 Å². The average molecular weight is 436 g/mol. The first kappa shape index (κ1) is 22.6. The van der Waals surface area contributed by atoms with Gasteiger partial charge in [0.15, 0.2) is 11.5 Å². The van der Waals surface area contributed by atoms with Gasteiger partial charge in [0, 0.05) is 5.56 Å². The Morgan fingerprint density at radius 3 is 2.38 bits per heavy atom. The van der Waals surface area contributed by atoms with Crippen LogP contribution in [0.1, 0.15) is 25.0 Å². The molecule has 1 aliphatic rings. The van der Waals surface area contributed by atoms with E-state index >= 15 is 0 Å². The minimum absolute atomic E-state index is 0.0157. The fourth-order valence-corrected chi connectivity index (χ4v) is 3.31. The average Bonchev–Trinajstić information content (AvgIpc) is 2.75. The number of aromatic hydroxyl groups is 1. The summed E-state index contributed by atoms with van der Waals surface area (Å²) in [4.78, 5) is 38.7. The standard InChI is InChI=1S/C24H24N2O6/c1-4-7-16-12-15(14-20(31-5-2)21(16)32-6-3)13-19-22(28)25-24(30)26(23(19)29)17-8-10-18(27)11-9-17/h4,8-14,27H,1,5-7H2,2-3H3,(H,25,28,30)/b19-13+. The molecule has 2 aromatic carbocycles. The Morgan fingerprint density at radius 2 is 1.75 bits per heavy atom. The van der Waals surface area contributed by atoms with Crippen molar-refractivity contribution >= 4 is 29.6 Å². The van der Waals surface area contributed by atoms with Crippen LogP contribution in [-0.2, 0) is 16.0 Å². The number of hydrogen-bond donors (Lipinski definition) is 2. The van der Waals surface area contributed by atoms with Crippen LogP contribution in [0.2, 0.25) is 0 Å². The SMILES string of the molecule is C=CCc1cc(/C=C2\C(=O)NC(=O)N(c3ccc(O)cc3)C2=O)cc(OCC)c1OCC. The number of benzene rings is 2. The van der Waals surface area contributed by atoms with E-state index in [-0.39, 0.29) is 17.0 Å². The first-order valence-corrected chi connectivity index (χ1v) is 10.1. The second-order valence-corrected chi connectivity index (χ2v) is 6.84. The highest BCUT2D eigenvalue weighted by Gasteiger charge is 2.36. The number of phenolic OH excluding ortho intramolecular Hbond substituents is 1. The molecule has 2 aromatic rings. The number of allylic oxidation sites excluding steroid dienone is 1. The quantitative estimate of drug-likeness (QED) is 0.372. The molecule has 8 nitrogen and oxygen atoms in total. The smallest absolute Gasteiger partial charge is 0.335 e. The van der Waals surface area contributed by atoms with Crippen LogP contribution in [0.15, 0.2) is 54.6 Å². The van der Waals surface area contributed by atoms with Crippen LogP contribution < -0.4 is 19.7 Å². The molecule has 3 rings (SSSR count). The van der Waals surface area contributed by atoms with E-state index in [1.165, 1.54) is 30.3 Å². The van der Waals surface area contributed by atoms with Crippen LogP contribution in [0, 0.1) is 0 Å². The van der Waals surface area contributed by atoms with Crippen molar-refractivity contribution in [1.82, 2.24) is 5.32 Å². The minimum atomic E-state index is -0.864. The Kier molecular flexibility index (Phi) is 6.94. The molecule has 0 aromatic heterocycles. The predicted molar refractivity (Wildman–Crippen MR) is 120 cm³/mol. The zero-order chi connectivity index (χ0) is 23.3. The summed E-state index contributed by atoms with van der Waals surface area (Å²) in [5.41, 5.74) is 1.33. The molecule has 1 fully saturated rings. The summed E-state index contributed by atoms with van der Waals surface area (Å²) in [7, 11) is 0. The number of phenols is 1. The summed E-state index contributed by atoms with van der Waals surface area (Å²) in [6, 6.07) is 8.10. The maximum absolute atomic E-state index is 13.1. The molecule has 1 heterocycles. The highest BCUT2D eigenvalue weighted by Crippen LogP contribution is 2.35. The number of anilines is 1. The maximum Gasteiger partial charge on any atom is 0.335 e. The zero-order valence-electron chi connectivity index (χ0n) is 17.9. The third kappa shape index (κ3) is 4.64. The van der Waals surface area contributed by atoms with E-state index in [9.17, 15) is 19.5 Å². The van der Waals surface area contributed by atoms with Crippen LogP contribution in [0.5, 0.6) is 17.2 Å². The van der Waals surface area contributed by atoms with E-state index < -0.39 is 17.8 Å². The lowest BCUT2D eigenvalue weighted by Crippen LogP contribution is -2.54. The van der Waals surface area contributed by atoms with Gasteiger partial charge in [-0.3, -0.25) is 14.9 Å². The van der Waals surface area contributed by atoms with Gasteiger partial charge in [-0.15, -0.1) is 6.58 Å². The Labute approximate surface area is 185 Å². The van der Waals surface area contributed by atoms with Crippen LogP contribution >= 0.6 is 0 Å². The molecule has 0 aliphatic carbocycles. The minimum Gasteiger partial charge on any atom is -0.508 e. The van der Waals surface area contributed by atoms with Crippen molar-refractivity contribution in [3.63, 3.8) is 0 Å². The number of hydrogen-bond acceptors (Lipinski definition) is 6. The summed E-state index contributed by atoms with van der Waals surface area (Å²) >= 11 is 0. The number of carbonyl (C=O) groups is 3. The number of barbiturate groups is 1. The number of imide groups is 2. The van der Waals surface area contributed by atoms with Crippen molar-refractivity contribution in [3.05, 3.63) is 65.8 Å². The zero-order valence-corrected chi connectivity index (χ0v) is 17.9. The highest BCUT2D eigenvalue weighted by molar-refractivity contribution is 6.39. The van der Waals surface area contributed by atoms with Gasteiger partial charge in [0.25, 0.3) is 11.8 Å². The first-order valence-electron chi connectivity index (χ1n) is 10.1. The van der Waals surface area contributed by atoms with E-state index in [1.54, 1.807) is 18.2 Å². The van der Waals surface area contributed by atoms with E-state index in [0.717, 1.165) is 10.5 Å². The molecule has 0 radical (unpaired) electrons. The predicted octanol–water partition coefficient (Wildman–Crippen LogP) is 3.58. The Hall–Kier alpha value is -4.07. The molecule has 32 heavy (non-hydrogen) atoms. The van der Waals surface area contributed by atoms with Crippen LogP contribution in [0.4, 0.5) is 10.5 Å². The lowest BCUT2D eigenvalue weighted by atomic mass is 10.0. The molecule has 2 N–H and O–H groups in total. The van der Waals surface area contributed by atoms with Gasteiger partial charge in [0.1, 0.15) is 11.3 Å². The van der Waals surface area contributed by atoms with Crippen molar-refractivity contribution in [3.8, 4) is 17.2 Å². The Bertz CT molecular complexity index is 1090. The molecule has 0 spiro atoms. The van der Waals surface area contributed by atoms with Gasteiger partial charge in [-0.1, -0.05) is 6.08 Å². The van der Waals surface area contributed by atoms with Gasteiger partial charge >= 0.3 is 6.03 Å². The van der Waals surface area contributed by atoms with Crippen molar-refractivity contribution in [1.29, 1.82) is 0 Å². The molecule has 0 unspecified atom stereocenters. The van der Waals surface area contributed by atoms with E-state index in [4.69, 9.17) is 9.47 Å². The molecule has 8 heteroatoms. The molecular formula is C24H24N2O6. The number of urea groups is 1. The largest absolute Gasteiger partial charge is 0.508 e. The van der Waals surface area contributed by atoms with Crippen LogP contribution in [-0.4, -0.2) is 36.2 Å². The van der Waals surface area contributed by atoms with Crippen molar-refractivity contribution < 1.29 is 29.0 Å². The summed E-state index contributed by atoms with van der Waals surface area (Å²) in [5, 5.41) is 11.7. The molecule has 1 saturated heterocycles. The third-order valence-electron chi connectivity index (χ3n) is 4.63. The van der Waals surface area contributed by atoms with Gasteiger partial charge < -0.3 is 14.6 Å². The van der Waals surface area contributed by atoms with Gasteiger partial charge in [0.2, 0.25) is 0 Å². The lowest BCUT2D eigenvalue weighted by Gasteiger charge is -2.26. The van der Waals surface area contributed by atoms with Crippen molar-refractivity contribution in [2.24, 2.45) is 0 Å². The summed E-state index contributed by atoms with van der Waals surface area (Å²) < 4.78 is 11.5. The number of ether oxygens (including phenoxy) is 2. The van der Waals surface area contributed by atoms with Gasteiger partial charge in [-0.05, 0) is 68.3 Å². The summed E-state index contributed by atoms with van der Waals surface area (Å²) in [6.07, 6.45) is 3.61. The second kappa shape index (κ2) is 9.82. The molecular weight excluding hydrogens is 412 g/mol. The molecule has 166 valence electrons. The number of rotatable bonds is 8. The third-order valence-corrected chi connectivity index (χ3v) is 4.63. The molecule has 4 amide bonds. The van der Waals surface area contributed by atoms with Gasteiger partial charge in [0.05, 0.1) is 18.9 Å². The molecule has 1 aliphatic heterocycles. The Morgan fingerprint density at radius 1 is 1.06 bits per heavy atom. The molecule has 0 bridgehead atoms. The van der Waals surface area contributed by atoms with Gasteiger partial charge in [-0.25, -0.2) is 9.69 Å². The number of nitrogens with zero attached hydrogens (tertiary/aromatic N) is 1. The fraction of sp³-hybridized carbons (Fsp3) is 0.208. The Balaban J connectivity index is 2.07. The van der Waals surface area contributed by atoms with Crippen LogP contribution in [0.25, 0.3) is 6.08 Å². The highest BCUT2D eigenvalue weighted by atomic mass is 16.5. The fourth-order valence-electron chi connectivity index (χ4n) is 3.31. The summed E-state index contributed by atoms with van der Waals surface area (Å²) in [6.45, 7) is 8.31. The molecule has 0 saturated carbocycles. The number of nitrogens with one attached hydrogen (secondary N) is 1. The van der Waals surface area contributed by atoms with Crippen LogP contribution in [0.3, 0.4) is 0 Å². The lowest BCUT2D eigenvalue weighted by molar-refractivity contribution is -0.122. The van der Waals surface area contributed by atoms with Gasteiger partial charge in [-0.2, -0.15) is 0 Å². The summed E-state index contributed by atoms with van der Waals surface area (Å²) in [5.74, 6) is -0.529. The monoisotopic (exact) mass is 436 g/mol. The topological polar surface area (TPSA) is 105 Å². The van der Waals surface area contributed by atoms with E-state index in [1.807, 2.05) is 13.8 Å². The number of carbonyl (C=O) groups excluding carboxylic acids is 3. The number of amides is 4.